The largest absolute Gasteiger partial charge is 0.379 e. The zero-order valence-corrected chi connectivity index (χ0v) is 12.4. The summed E-state index contributed by atoms with van der Waals surface area (Å²) >= 11 is 0. The van der Waals surface area contributed by atoms with Crippen LogP contribution in [0.4, 0.5) is 0 Å². The van der Waals surface area contributed by atoms with Crippen LogP contribution in [0.3, 0.4) is 0 Å². The van der Waals surface area contributed by atoms with Gasteiger partial charge in [-0.1, -0.05) is 25.2 Å². The summed E-state index contributed by atoms with van der Waals surface area (Å²) in [6.45, 7) is 2.20. The van der Waals surface area contributed by atoms with Crippen molar-refractivity contribution in [1.82, 2.24) is 0 Å². The van der Waals surface area contributed by atoms with Gasteiger partial charge in [0.15, 0.2) is 0 Å². The summed E-state index contributed by atoms with van der Waals surface area (Å²) in [4.78, 5) is 12.5. The number of carbonyl (C=O) groups excluding carboxylic acids is 1. The summed E-state index contributed by atoms with van der Waals surface area (Å²) in [5, 5.41) is 0. The minimum atomic E-state index is -0.0636. The Bertz CT molecular complexity index is 438. The Morgan fingerprint density at radius 3 is 2.85 bits per heavy atom. The van der Waals surface area contributed by atoms with Crippen molar-refractivity contribution in [2.45, 2.75) is 57.3 Å². The molecule has 1 aliphatic heterocycles. The predicted octanol–water partition coefficient (Wildman–Crippen LogP) is 3.05. The molecule has 0 aromatic rings. The van der Waals surface area contributed by atoms with E-state index in [0.717, 1.165) is 25.7 Å². The highest BCUT2D eigenvalue weighted by atomic mass is 16.5. The average Bonchev–Trinajstić information content (AvgIpc) is 2.48. The quantitative estimate of drug-likeness (QED) is 0.777. The van der Waals surface area contributed by atoms with E-state index in [9.17, 15) is 4.79 Å². The summed E-state index contributed by atoms with van der Waals surface area (Å²) in [6.07, 6.45) is 11.1. The van der Waals surface area contributed by atoms with E-state index in [0.29, 0.717) is 18.1 Å². The highest BCUT2D eigenvalue weighted by Gasteiger charge is 2.46. The Morgan fingerprint density at radius 2 is 2.15 bits per heavy atom. The minimum Gasteiger partial charge on any atom is -0.379 e. The van der Waals surface area contributed by atoms with Gasteiger partial charge in [0, 0.05) is 19.4 Å². The van der Waals surface area contributed by atoms with Crippen molar-refractivity contribution < 1.29 is 14.3 Å². The van der Waals surface area contributed by atoms with E-state index in [2.05, 4.69) is 25.2 Å². The number of Topliss-reactive ketones (excluding diaryl/α,β-unsaturated/α-hetero) is 1. The molecule has 0 spiro atoms. The molecule has 0 aromatic heterocycles. The van der Waals surface area contributed by atoms with E-state index >= 15 is 0 Å². The highest BCUT2D eigenvalue weighted by Crippen LogP contribution is 2.39. The maximum absolute atomic E-state index is 12.5. The van der Waals surface area contributed by atoms with Gasteiger partial charge >= 0.3 is 0 Å². The molecule has 5 unspecified atom stereocenters. The van der Waals surface area contributed by atoms with Crippen LogP contribution in [-0.4, -0.2) is 31.2 Å². The molecule has 1 heterocycles. The van der Waals surface area contributed by atoms with E-state index < -0.39 is 0 Å². The second-order valence-electron chi connectivity index (χ2n) is 6.40. The lowest BCUT2D eigenvalue weighted by atomic mass is 9.73. The molecule has 3 rings (SSSR count). The van der Waals surface area contributed by atoms with Crippen molar-refractivity contribution in [2.75, 3.05) is 7.11 Å². The number of ether oxygens (including phenoxy) is 2. The smallest absolute Gasteiger partial charge is 0.141 e. The van der Waals surface area contributed by atoms with E-state index in [1.807, 2.05) is 0 Å². The van der Waals surface area contributed by atoms with Crippen molar-refractivity contribution >= 4 is 5.78 Å². The van der Waals surface area contributed by atoms with Gasteiger partial charge < -0.3 is 9.47 Å². The molecule has 2 fully saturated rings. The number of hydrogen-bond donors (Lipinski definition) is 0. The van der Waals surface area contributed by atoms with Crippen molar-refractivity contribution in [3.63, 3.8) is 0 Å². The van der Waals surface area contributed by atoms with Crippen LogP contribution in [0.5, 0.6) is 0 Å². The first kappa shape index (κ1) is 14.0. The van der Waals surface area contributed by atoms with E-state index in [1.54, 1.807) is 7.11 Å². The van der Waals surface area contributed by atoms with E-state index in [1.165, 1.54) is 5.57 Å². The summed E-state index contributed by atoms with van der Waals surface area (Å²) in [5.74, 6) is 0.937. The second-order valence-corrected chi connectivity index (χ2v) is 6.40. The van der Waals surface area contributed by atoms with Crippen molar-refractivity contribution in [1.29, 1.82) is 0 Å². The summed E-state index contributed by atoms with van der Waals surface area (Å²) < 4.78 is 11.9. The number of methoxy groups -OCH3 is 1. The van der Waals surface area contributed by atoms with Crippen molar-refractivity contribution in [3.05, 3.63) is 23.8 Å². The Hall–Kier alpha value is -0.930. The molecule has 1 saturated heterocycles. The third-order valence-corrected chi connectivity index (χ3v) is 4.87. The molecular weight excluding hydrogens is 252 g/mol. The molecule has 1 saturated carbocycles. The number of rotatable bonds is 2. The van der Waals surface area contributed by atoms with Crippen LogP contribution in [-0.2, 0) is 14.3 Å². The molecule has 0 radical (unpaired) electrons. The first-order valence-electron chi connectivity index (χ1n) is 7.76. The Kier molecular flexibility index (Phi) is 4.08. The van der Waals surface area contributed by atoms with Gasteiger partial charge in [0.1, 0.15) is 5.78 Å². The molecule has 0 aromatic carbocycles. The van der Waals surface area contributed by atoms with Gasteiger partial charge in [-0.25, -0.2) is 0 Å². The monoisotopic (exact) mass is 276 g/mol. The third-order valence-electron chi connectivity index (χ3n) is 4.87. The van der Waals surface area contributed by atoms with Gasteiger partial charge in [0.25, 0.3) is 0 Å². The van der Waals surface area contributed by atoms with Crippen LogP contribution in [0.15, 0.2) is 23.8 Å². The first-order chi connectivity index (χ1) is 9.69. The first-order valence-corrected chi connectivity index (χ1v) is 7.76. The van der Waals surface area contributed by atoms with Gasteiger partial charge in [0.2, 0.25) is 0 Å². The Labute approximate surface area is 121 Å². The maximum Gasteiger partial charge on any atom is 0.141 e. The molecule has 0 amide bonds. The number of carbonyl (C=O) groups is 1. The topological polar surface area (TPSA) is 35.5 Å². The van der Waals surface area contributed by atoms with Gasteiger partial charge in [-0.2, -0.15) is 0 Å². The highest BCUT2D eigenvalue weighted by molar-refractivity contribution is 5.83. The SMILES string of the molecule is COC1CC(C)CC2C(=O)CC(C3=CCCC=C3)OC12. The number of ketones is 1. The lowest BCUT2D eigenvalue weighted by molar-refractivity contribution is -0.171. The molecule has 0 bridgehead atoms. The number of fused-ring (bicyclic) bond motifs is 1. The van der Waals surface area contributed by atoms with Crippen LogP contribution in [0.25, 0.3) is 0 Å². The molecule has 3 nitrogen and oxygen atoms in total. The number of hydrogen-bond acceptors (Lipinski definition) is 3. The van der Waals surface area contributed by atoms with Gasteiger partial charge in [-0.15, -0.1) is 0 Å². The number of allylic oxidation sites excluding steroid dienone is 2. The van der Waals surface area contributed by atoms with E-state index in [-0.39, 0.29) is 24.2 Å². The van der Waals surface area contributed by atoms with Gasteiger partial charge in [-0.05, 0) is 37.2 Å². The molecule has 3 aliphatic rings. The predicted molar refractivity (Wildman–Crippen MR) is 77.4 cm³/mol. The fourth-order valence-electron chi connectivity index (χ4n) is 3.82. The molecule has 110 valence electrons. The van der Waals surface area contributed by atoms with Gasteiger partial charge in [0.05, 0.1) is 18.3 Å². The van der Waals surface area contributed by atoms with Crippen molar-refractivity contribution in [3.8, 4) is 0 Å². The zero-order valence-electron chi connectivity index (χ0n) is 12.4. The van der Waals surface area contributed by atoms with Gasteiger partial charge in [-0.3, -0.25) is 4.79 Å². The maximum atomic E-state index is 12.5. The van der Waals surface area contributed by atoms with Crippen LogP contribution in [0.1, 0.15) is 39.0 Å². The summed E-state index contributed by atoms with van der Waals surface area (Å²) in [5.41, 5.74) is 1.18. The normalized spacial score (nSPS) is 41.2. The lowest BCUT2D eigenvalue weighted by Gasteiger charge is -2.44. The fourth-order valence-corrected chi connectivity index (χ4v) is 3.82. The van der Waals surface area contributed by atoms with Crippen LogP contribution in [0, 0.1) is 11.8 Å². The molecule has 20 heavy (non-hydrogen) atoms. The lowest BCUT2D eigenvalue weighted by Crippen LogP contribution is -2.52. The van der Waals surface area contributed by atoms with E-state index in [4.69, 9.17) is 9.47 Å². The summed E-state index contributed by atoms with van der Waals surface area (Å²) in [6, 6.07) is 0. The fraction of sp³-hybridized carbons (Fsp3) is 0.706. The molecule has 5 atom stereocenters. The summed E-state index contributed by atoms with van der Waals surface area (Å²) in [7, 11) is 1.73. The third kappa shape index (κ3) is 2.61. The van der Waals surface area contributed by atoms with Crippen LogP contribution < -0.4 is 0 Å². The average molecular weight is 276 g/mol. The standard InChI is InChI=1S/C17H24O3/c1-11-8-13-14(18)10-15(12-6-4-3-5-7-12)20-17(13)16(9-11)19-2/h4,6-7,11,13,15-17H,3,5,8-10H2,1-2H3. The van der Waals surface area contributed by atoms with Crippen LogP contribution >= 0.6 is 0 Å². The molecule has 3 heteroatoms. The molecule has 2 aliphatic carbocycles. The Balaban J connectivity index is 1.79. The Morgan fingerprint density at radius 1 is 1.30 bits per heavy atom. The second kappa shape index (κ2) is 5.82. The van der Waals surface area contributed by atoms with Crippen molar-refractivity contribution in [2.24, 2.45) is 11.8 Å². The minimum absolute atomic E-state index is 0.0353. The molecule has 0 N–H and O–H groups in total. The zero-order chi connectivity index (χ0) is 14.1. The van der Waals surface area contributed by atoms with Crippen LogP contribution in [0.2, 0.25) is 0 Å². The molecular formula is C17H24O3.